The third kappa shape index (κ3) is 2.61. The first-order chi connectivity index (χ1) is 8.76. The van der Waals surface area contributed by atoms with Crippen molar-refractivity contribution >= 4 is 17.5 Å². The summed E-state index contributed by atoms with van der Waals surface area (Å²) in [5, 5.41) is 8.46. The van der Waals surface area contributed by atoms with Gasteiger partial charge in [0.2, 0.25) is 0 Å². The summed E-state index contributed by atoms with van der Waals surface area (Å²) in [6, 6.07) is 1.31. The highest BCUT2D eigenvalue weighted by atomic mass is 32.2. The van der Waals surface area contributed by atoms with Gasteiger partial charge in [0.25, 0.3) is 0 Å². The molecule has 1 aliphatic heterocycles. The molecule has 2 N–H and O–H groups in total. The minimum atomic E-state index is 0.478. The Hall–Kier alpha value is -0.0600. The number of ketones is 1. The van der Waals surface area contributed by atoms with Gasteiger partial charge >= 0.3 is 0 Å². The molecular weight excluding hydrogens is 244 g/mol. The quantitative estimate of drug-likeness (QED) is 0.798. The molecule has 2 saturated carbocycles. The van der Waals surface area contributed by atoms with Crippen LogP contribution in [0.15, 0.2) is 0 Å². The molecular formula is C14H24N2OS. The van der Waals surface area contributed by atoms with Crippen LogP contribution in [0, 0.1) is 5.92 Å². The van der Waals surface area contributed by atoms with Crippen molar-refractivity contribution in [3.63, 3.8) is 0 Å². The maximum absolute atomic E-state index is 11.6. The van der Waals surface area contributed by atoms with E-state index in [1.807, 2.05) is 7.05 Å². The lowest BCUT2D eigenvalue weighted by molar-refractivity contribution is -0.120. The van der Waals surface area contributed by atoms with E-state index in [2.05, 4.69) is 22.4 Å². The van der Waals surface area contributed by atoms with Gasteiger partial charge < -0.3 is 10.6 Å². The van der Waals surface area contributed by atoms with Crippen molar-refractivity contribution in [3.8, 4) is 0 Å². The number of rotatable bonds is 2. The predicted molar refractivity (Wildman–Crippen MR) is 76.0 cm³/mol. The molecule has 5 unspecified atom stereocenters. The topological polar surface area (TPSA) is 41.1 Å². The van der Waals surface area contributed by atoms with Crippen molar-refractivity contribution in [1.29, 1.82) is 0 Å². The fourth-order valence-electron chi connectivity index (χ4n) is 3.83. The van der Waals surface area contributed by atoms with Crippen LogP contribution in [0.1, 0.15) is 38.5 Å². The van der Waals surface area contributed by atoms with Gasteiger partial charge in [-0.3, -0.25) is 4.79 Å². The Labute approximate surface area is 114 Å². The van der Waals surface area contributed by atoms with Gasteiger partial charge in [0.05, 0.1) is 0 Å². The monoisotopic (exact) mass is 268 g/mol. The molecule has 1 heterocycles. The summed E-state index contributed by atoms with van der Waals surface area (Å²) >= 11 is 2.12. The van der Waals surface area contributed by atoms with E-state index in [1.54, 1.807) is 0 Å². The molecule has 18 heavy (non-hydrogen) atoms. The number of Topliss-reactive ketones (excluding diaryl/α,β-unsaturated/α-hetero) is 1. The average Bonchev–Trinajstić information content (AvgIpc) is 2.36. The molecule has 2 aliphatic carbocycles. The first kappa shape index (κ1) is 12.9. The molecule has 102 valence electrons. The van der Waals surface area contributed by atoms with Gasteiger partial charge in [-0.1, -0.05) is 0 Å². The molecule has 0 radical (unpaired) electrons. The first-order valence-corrected chi connectivity index (χ1v) is 8.28. The van der Waals surface area contributed by atoms with Crippen molar-refractivity contribution < 1.29 is 4.79 Å². The lowest BCUT2D eigenvalue weighted by Crippen LogP contribution is -2.58. The molecule has 0 aromatic rings. The molecule has 0 amide bonds. The summed E-state index contributed by atoms with van der Waals surface area (Å²) in [5.41, 5.74) is 0. The van der Waals surface area contributed by atoms with Crippen LogP contribution in [0.4, 0.5) is 0 Å². The van der Waals surface area contributed by atoms with E-state index in [-0.39, 0.29) is 0 Å². The molecule has 0 aromatic carbocycles. The number of carbonyl (C=O) groups is 1. The Balaban J connectivity index is 1.62. The molecule has 1 saturated heterocycles. The molecule has 0 bridgehead atoms. The molecule has 3 nitrogen and oxygen atoms in total. The Kier molecular flexibility index (Phi) is 3.97. The van der Waals surface area contributed by atoms with Crippen molar-refractivity contribution in [1.82, 2.24) is 10.6 Å². The summed E-state index contributed by atoms with van der Waals surface area (Å²) in [6.45, 7) is 1.15. The fourth-order valence-corrected chi connectivity index (χ4v) is 5.75. The molecule has 0 aromatic heterocycles. The summed E-state index contributed by atoms with van der Waals surface area (Å²) in [7, 11) is 2.05. The maximum Gasteiger partial charge on any atom is 0.134 e. The van der Waals surface area contributed by atoms with Crippen LogP contribution in [0.3, 0.4) is 0 Å². The number of nitrogens with one attached hydrogen (secondary N) is 2. The van der Waals surface area contributed by atoms with Gasteiger partial charge in [-0.25, -0.2) is 0 Å². The van der Waals surface area contributed by atoms with E-state index in [1.165, 1.54) is 19.3 Å². The predicted octanol–water partition coefficient (Wildman–Crippen LogP) is 1.57. The smallest absolute Gasteiger partial charge is 0.134 e. The first-order valence-electron chi connectivity index (χ1n) is 7.34. The molecule has 3 aliphatic rings. The lowest BCUT2D eigenvalue weighted by atomic mass is 9.83. The molecule has 5 atom stereocenters. The molecule has 0 spiro atoms. The second kappa shape index (κ2) is 5.51. The summed E-state index contributed by atoms with van der Waals surface area (Å²) in [6.07, 6.45) is 6.67. The van der Waals surface area contributed by atoms with Crippen molar-refractivity contribution in [3.05, 3.63) is 0 Å². The Morgan fingerprint density at radius 1 is 1.28 bits per heavy atom. The molecule has 4 heteroatoms. The highest BCUT2D eigenvalue weighted by Crippen LogP contribution is 2.42. The van der Waals surface area contributed by atoms with Gasteiger partial charge in [-0.15, -0.1) is 0 Å². The highest BCUT2D eigenvalue weighted by Gasteiger charge is 2.42. The molecule has 3 rings (SSSR count). The van der Waals surface area contributed by atoms with Gasteiger partial charge in [0, 0.05) is 35.4 Å². The zero-order chi connectivity index (χ0) is 12.5. The van der Waals surface area contributed by atoms with Gasteiger partial charge in [-0.2, -0.15) is 11.8 Å². The van der Waals surface area contributed by atoms with Crippen LogP contribution in [0.2, 0.25) is 0 Å². The zero-order valence-corrected chi connectivity index (χ0v) is 12.0. The number of carbonyl (C=O) groups excluding carboxylic acids is 1. The fraction of sp³-hybridized carbons (Fsp3) is 0.929. The van der Waals surface area contributed by atoms with E-state index in [0.717, 1.165) is 37.0 Å². The van der Waals surface area contributed by atoms with Crippen LogP contribution in [0.25, 0.3) is 0 Å². The van der Waals surface area contributed by atoms with E-state index in [0.29, 0.717) is 23.1 Å². The number of fused-ring (bicyclic) bond motifs is 2. The average molecular weight is 268 g/mol. The Morgan fingerprint density at radius 3 is 2.94 bits per heavy atom. The van der Waals surface area contributed by atoms with E-state index >= 15 is 0 Å². The van der Waals surface area contributed by atoms with E-state index in [9.17, 15) is 4.79 Å². The minimum absolute atomic E-state index is 0.478. The van der Waals surface area contributed by atoms with Crippen LogP contribution >= 0.6 is 11.8 Å². The summed E-state index contributed by atoms with van der Waals surface area (Å²) in [4.78, 5) is 11.6. The van der Waals surface area contributed by atoms with E-state index < -0.39 is 0 Å². The minimum Gasteiger partial charge on any atom is -0.319 e. The lowest BCUT2D eigenvalue weighted by Gasteiger charge is -2.47. The SMILES string of the molecule is CNCC1CCC2NC3CCC(=O)CC3SC2C1. The highest BCUT2D eigenvalue weighted by molar-refractivity contribution is 8.00. The number of hydrogen-bond acceptors (Lipinski definition) is 4. The normalized spacial score (nSPS) is 44.3. The largest absolute Gasteiger partial charge is 0.319 e. The summed E-state index contributed by atoms with van der Waals surface area (Å²) in [5.74, 6) is 1.31. The molecule has 3 fully saturated rings. The van der Waals surface area contributed by atoms with Crippen molar-refractivity contribution in [2.45, 2.75) is 61.1 Å². The zero-order valence-electron chi connectivity index (χ0n) is 11.2. The maximum atomic E-state index is 11.6. The third-order valence-corrected chi connectivity index (χ3v) is 6.50. The third-order valence-electron chi connectivity index (χ3n) is 4.78. The Bertz CT molecular complexity index is 323. The van der Waals surface area contributed by atoms with Gasteiger partial charge in [-0.05, 0) is 45.2 Å². The van der Waals surface area contributed by atoms with Crippen LogP contribution in [0.5, 0.6) is 0 Å². The van der Waals surface area contributed by atoms with Gasteiger partial charge in [0.1, 0.15) is 5.78 Å². The van der Waals surface area contributed by atoms with Crippen molar-refractivity contribution in [2.24, 2.45) is 5.92 Å². The summed E-state index contributed by atoms with van der Waals surface area (Å²) < 4.78 is 0. The van der Waals surface area contributed by atoms with Crippen molar-refractivity contribution in [2.75, 3.05) is 13.6 Å². The van der Waals surface area contributed by atoms with Crippen LogP contribution in [-0.4, -0.2) is 42.0 Å². The number of thioether (sulfide) groups is 1. The van der Waals surface area contributed by atoms with Crippen LogP contribution < -0.4 is 10.6 Å². The Morgan fingerprint density at radius 2 is 2.11 bits per heavy atom. The van der Waals surface area contributed by atoms with Gasteiger partial charge in [0.15, 0.2) is 0 Å². The van der Waals surface area contributed by atoms with E-state index in [4.69, 9.17) is 0 Å². The number of hydrogen-bond donors (Lipinski definition) is 2. The second-order valence-corrected chi connectivity index (χ2v) is 7.59. The standard InChI is InChI=1S/C14H24N2OS/c1-15-8-9-2-4-11-13(6-9)18-14-7-10(17)3-5-12(14)16-11/h9,11-16H,2-8H2,1H3. The second-order valence-electron chi connectivity index (χ2n) is 6.11. The van der Waals surface area contributed by atoms with Crippen LogP contribution in [-0.2, 0) is 4.79 Å².